The maximum Gasteiger partial charge on any atom is 0.290 e. The Kier molecular flexibility index (Phi) is 6.70. The highest BCUT2D eigenvalue weighted by molar-refractivity contribution is 5.91. The Labute approximate surface area is 188 Å². The van der Waals surface area contributed by atoms with Crippen molar-refractivity contribution in [1.82, 2.24) is 10.1 Å². The number of hydrogen-bond acceptors (Lipinski definition) is 5. The van der Waals surface area contributed by atoms with Crippen LogP contribution >= 0.6 is 0 Å². The van der Waals surface area contributed by atoms with E-state index in [4.69, 9.17) is 8.94 Å². The van der Waals surface area contributed by atoms with Crippen molar-refractivity contribution in [1.29, 1.82) is 0 Å². The summed E-state index contributed by atoms with van der Waals surface area (Å²) in [4.78, 5) is 17.3. The Morgan fingerprint density at radius 3 is 2.19 bits per heavy atom. The van der Waals surface area contributed by atoms with Crippen LogP contribution < -0.4 is 4.90 Å². The Morgan fingerprint density at radius 2 is 1.56 bits per heavy atom. The van der Waals surface area contributed by atoms with Gasteiger partial charge in [0.2, 0.25) is 5.88 Å². The van der Waals surface area contributed by atoms with Crippen LogP contribution in [-0.4, -0.2) is 29.1 Å². The van der Waals surface area contributed by atoms with Gasteiger partial charge in [0, 0.05) is 25.2 Å². The van der Waals surface area contributed by atoms with Crippen molar-refractivity contribution >= 4 is 11.8 Å². The molecule has 32 heavy (non-hydrogen) atoms. The van der Waals surface area contributed by atoms with E-state index in [1.165, 1.54) is 6.26 Å². The quantitative estimate of drug-likeness (QED) is 0.345. The molecule has 0 N–H and O–H groups in total. The molecule has 0 spiro atoms. The number of amides is 1. The lowest BCUT2D eigenvalue weighted by molar-refractivity contribution is 0.0698. The molecule has 164 valence electrons. The molecular formula is C26H27N3O3. The van der Waals surface area contributed by atoms with Crippen molar-refractivity contribution < 1.29 is 13.7 Å². The molecule has 2 aromatic heterocycles. The lowest BCUT2D eigenvalue weighted by Crippen LogP contribution is -2.31. The second kappa shape index (κ2) is 10.0. The number of carbonyl (C=O) groups excluding carboxylic acids is 1. The van der Waals surface area contributed by atoms with Gasteiger partial charge in [-0.2, -0.15) is 0 Å². The van der Waals surface area contributed by atoms with Gasteiger partial charge in [-0.25, -0.2) is 0 Å². The van der Waals surface area contributed by atoms with Gasteiger partial charge in [0.25, 0.3) is 5.91 Å². The third kappa shape index (κ3) is 4.59. The summed E-state index contributed by atoms with van der Waals surface area (Å²) in [6, 6.07) is 23.3. The summed E-state index contributed by atoms with van der Waals surface area (Å²) in [7, 11) is 0. The summed E-state index contributed by atoms with van der Waals surface area (Å²) < 4.78 is 11.3. The third-order valence-electron chi connectivity index (χ3n) is 5.45. The molecule has 2 heterocycles. The normalized spacial score (nSPS) is 10.8. The van der Waals surface area contributed by atoms with Crippen LogP contribution in [0.1, 0.15) is 35.5 Å². The maximum atomic E-state index is 13.4. The first-order chi connectivity index (χ1) is 15.7. The van der Waals surface area contributed by atoms with Crippen LogP contribution in [0.3, 0.4) is 0 Å². The molecule has 6 nitrogen and oxygen atoms in total. The zero-order valence-electron chi connectivity index (χ0n) is 18.4. The largest absolute Gasteiger partial charge is 0.459 e. The van der Waals surface area contributed by atoms with E-state index in [1.807, 2.05) is 60.7 Å². The fourth-order valence-corrected chi connectivity index (χ4v) is 3.78. The molecular weight excluding hydrogens is 402 g/mol. The first kappa shape index (κ1) is 21.4. The van der Waals surface area contributed by atoms with Crippen LogP contribution in [0.5, 0.6) is 0 Å². The average Bonchev–Trinajstić information content (AvgIpc) is 3.51. The van der Waals surface area contributed by atoms with Gasteiger partial charge < -0.3 is 18.7 Å². The smallest absolute Gasteiger partial charge is 0.290 e. The van der Waals surface area contributed by atoms with Crippen molar-refractivity contribution in [2.45, 2.75) is 26.9 Å². The van der Waals surface area contributed by atoms with E-state index >= 15 is 0 Å². The van der Waals surface area contributed by atoms with E-state index < -0.39 is 0 Å². The molecule has 0 saturated carbocycles. The van der Waals surface area contributed by atoms with Gasteiger partial charge in [-0.3, -0.25) is 4.79 Å². The second-order valence-corrected chi connectivity index (χ2v) is 7.48. The summed E-state index contributed by atoms with van der Waals surface area (Å²) in [5.41, 5.74) is 3.62. The minimum atomic E-state index is -0.176. The Bertz CT molecular complexity index is 1120. The van der Waals surface area contributed by atoms with Crippen LogP contribution in [-0.2, 0) is 13.1 Å². The summed E-state index contributed by atoms with van der Waals surface area (Å²) in [6.07, 6.45) is 1.52. The zero-order chi connectivity index (χ0) is 22.3. The van der Waals surface area contributed by atoms with Gasteiger partial charge >= 0.3 is 0 Å². The highest BCUT2D eigenvalue weighted by Gasteiger charge is 2.27. The third-order valence-corrected chi connectivity index (χ3v) is 5.45. The Morgan fingerprint density at radius 1 is 0.875 bits per heavy atom. The number of aromatic nitrogens is 1. The summed E-state index contributed by atoms with van der Waals surface area (Å²) in [6.45, 7) is 6.49. The second-order valence-electron chi connectivity index (χ2n) is 7.48. The standard InChI is InChI=1S/C26H27N3O3/c1-3-28(4-2)26-22(24(27-32-26)21-14-9-6-10-15-21)19-29(18-20-12-7-5-8-13-20)25(30)23-16-11-17-31-23/h5-17H,3-4,18-19H2,1-2H3. The van der Waals surface area contributed by atoms with Crippen molar-refractivity contribution in [2.24, 2.45) is 0 Å². The molecule has 6 heteroatoms. The van der Waals surface area contributed by atoms with E-state index in [0.29, 0.717) is 24.7 Å². The molecule has 4 rings (SSSR count). The molecule has 0 saturated heterocycles. The number of nitrogens with zero attached hydrogens (tertiary/aromatic N) is 3. The van der Waals surface area contributed by atoms with Gasteiger partial charge in [0.1, 0.15) is 5.69 Å². The van der Waals surface area contributed by atoms with E-state index in [9.17, 15) is 4.79 Å². The predicted molar refractivity (Wildman–Crippen MR) is 124 cm³/mol. The molecule has 0 aliphatic rings. The zero-order valence-corrected chi connectivity index (χ0v) is 18.4. The van der Waals surface area contributed by atoms with Crippen molar-refractivity contribution in [3.05, 3.63) is 95.9 Å². The van der Waals surface area contributed by atoms with E-state index in [2.05, 4.69) is 23.9 Å². The number of carbonyl (C=O) groups is 1. The van der Waals surface area contributed by atoms with Crippen molar-refractivity contribution in [3.63, 3.8) is 0 Å². The van der Waals surface area contributed by atoms with E-state index in [-0.39, 0.29) is 5.91 Å². The first-order valence-electron chi connectivity index (χ1n) is 10.9. The van der Waals surface area contributed by atoms with Crippen LogP contribution in [0.2, 0.25) is 0 Å². The summed E-state index contributed by atoms with van der Waals surface area (Å²) >= 11 is 0. The molecule has 0 aliphatic carbocycles. The van der Waals surface area contributed by atoms with Crippen LogP contribution in [0, 0.1) is 0 Å². The predicted octanol–water partition coefficient (Wildman–Crippen LogP) is 5.62. The first-order valence-corrected chi connectivity index (χ1v) is 10.9. The van der Waals surface area contributed by atoms with Gasteiger partial charge in [0.15, 0.2) is 5.76 Å². The highest BCUT2D eigenvalue weighted by atomic mass is 16.5. The highest BCUT2D eigenvalue weighted by Crippen LogP contribution is 2.33. The lowest BCUT2D eigenvalue weighted by atomic mass is 10.1. The maximum absolute atomic E-state index is 13.4. The Balaban J connectivity index is 1.76. The minimum Gasteiger partial charge on any atom is -0.459 e. The summed E-state index contributed by atoms with van der Waals surface area (Å²) in [5, 5.41) is 4.41. The number of benzene rings is 2. The van der Waals surface area contributed by atoms with E-state index in [1.54, 1.807) is 17.0 Å². The Hall–Kier alpha value is -3.80. The number of anilines is 1. The van der Waals surface area contributed by atoms with Crippen molar-refractivity contribution in [3.8, 4) is 11.3 Å². The molecule has 0 fully saturated rings. The molecule has 0 atom stereocenters. The van der Waals surface area contributed by atoms with Gasteiger partial charge in [-0.1, -0.05) is 65.8 Å². The molecule has 0 aliphatic heterocycles. The molecule has 2 aromatic carbocycles. The molecule has 0 bridgehead atoms. The molecule has 0 unspecified atom stereocenters. The van der Waals surface area contributed by atoms with Gasteiger partial charge in [0.05, 0.1) is 18.4 Å². The van der Waals surface area contributed by atoms with Gasteiger partial charge in [-0.15, -0.1) is 0 Å². The monoisotopic (exact) mass is 429 g/mol. The fourth-order valence-electron chi connectivity index (χ4n) is 3.78. The molecule has 4 aromatic rings. The summed E-state index contributed by atoms with van der Waals surface area (Å²) in [5.74, 6) is 0.826. The number of rotatable bonds is 9. The molecule has 0 radical (unpaired) electrons. The average molecular weight is 430 g/mol. The molecule has 1 amide bonds. The topological polar surface area (TPSA) is 62.7 Å². The fraction of sp³-hybridized carbons (Fsp3) is 0.231. The number of furan rings is 1. The minimum absolute atomic E-state index is 0.176. The van der Waals surface area contributed by atoms with E-state index in [0.717, 1.165) is 35.5 Å². The van der Waals surface area contributed by atoms with Gasteiger partial charge in [-0.05, 0) is 31.5 Å². The van der Waals surface area contributed by atoms with Crippen LogP contribution in [0.25, 0.3) is 11.3 Å². The van der Waals surface area contributed by atoms with Crippen LogP contribution in [0.15, 0.2) is 88.0 Å². The lowest BCUT2D eigenvalue weighted by Gasteiger charge is -2.24. The van der Waals surface area contributed by atoms with Crippen molar-refractivity contribution in [2.75, 3.05) is 18.0 Å². The SMILES string of the molecule is CCN(CC)c1onc(-c2ccccc2)c1CN(Cc1ccccc1)C(=O)c1ccco1. The van der Waals surface area contributed by atoms with Crippen LogP contribution in [0.4, 0.5) is 5.88 Å². The number of hydrogen-bond donors (Lipinski definition) is 0.